The molecule has 0 amide bonds. The van der Waals surface area contributed by atoms with Crippen molar-refractivity contribution < 1.29 is 9.90 Å². The first kappa shape index (κ1) is 12.6. The second-order valence-corrected chi connectivity index (χ2v) is 10.1. The molecule has 0 heterocycles. The Hall–Kier alpha value is -0.353. The summed E-state index contributed by atoms with van der Waals surface area (Å²) in [7, 11) is -1.32. The van der Waals surface area contributed by atoms with Gasteiger partial charge in [-0.2, -0.15) is 0 Å². The fourth-order valence-electron chi connectivity index (χ4n) is 1.42. The molecule has 0 aromatic carbocycles. The van der Waals surface area contributed by atoms with E-state index in [1.54, 1.807) is 0 Å². The Balaban J connectivity index is 4.11. The summed E-state index contributed by atoms with van der Waals surface area (Å²) in [5.74, 6) is -0.676. The summed E-state index contributed by atoms with van der Waals surface area (Å²) in [6.07, 6.45) is 2.23. The Morgan fingerprint density at radius 1 is 1.46 bits per heavy atom. The van der Waals surface area contributed by atoms with E-state index < -0.39 is 14.0 Å². The van der Waals surface area contributed by atoms with E-state index in [1.807, 2.05) is 0 Å². The van der Waals surface area contributed by atoms with Crippen molar-refractivity contribution in [2.75, 3.05) is 6.54 Å². The topological polar surface area (TPSA) is 63.3 Å². The second-order valence-electron chi connectivity index (χ2n) is 4.59. The third-order valence-electron chi connectivity index (χ3n) is 2.40. The van der Waals surface area contributed by atoms with E-state index in [1.165, 1.54) is 0 Å². The highest BCUT2D eigenvalue weighted by Crippen LogP contribution is 2.29. The average Bonchev–Trinajstić information content (AvgIpc) is 1.95. The molecule has 0 aliphatic carbocycles. The van der Waals surface area contributed by atoms with Gasteiger partial charge in [0.25, 0.3) is 0 Å². The summed E-state index contributed by atoms with van der Waals surface area (Å²) >= 11 is 0. The van der Waals surface area contributed by atoms with Gasteiger partial charge in [-0.15, -0.1) is 0 Å². The quantitative estimate of drug-likeness (QED) is 0.648. The molecule has 0 aromatic heterocycles. The van der Waals surface area contributed by atoms with Gasteiger partial charge in [0.05, 0.1) is 0 Å². The van der Waals surface area contributed by atoms with Gasteiger partial charge in [0, 0.05) is 14.5 Å². The van der Waals surface area contributed by atoms with Crippen LogP contribution < -0.4 is 5.73 Å². The van der Waals surface area contributed by atoms with Crippen LogP contribution in [-0.2, 0) is 4.79 Å². The fourth-order valence-corrected chi connectivity index (χ4v) is 3.27. The number of rotatable bonds is 6. The molecular weight excluding hydrogens is 182 g/mol. The first-order chi connectivity index (χ1) is 5.88. The highest BCUT2D eigenvalue weighted by atomic mass is 28.3. The molecule has 0 saturated heterocycles. The maximum Gasteiger partial charge on any atom is 0.303 e. The Morgan fingerprint density at radius 3 is 2.31 bits per heavy atom. The molecule has 1 unspecified atom stereocenters. The van der Waals surface area contributed by atoms with Crippen molar-refractivity contribution in [3.63, 3.8) is 0 Å². The number of nitrogens with two attached hydrogens (primary N) is 1. The molecule has 13 heavy (non-hydrogen) atoms. The van der Waals surface area contributed by atoms with Gasteiger partial charge in [-0.1, -0.05) is 26.1 Å². The average molecular weight is 203 g/mol. The van der Waals surface area contributed by atoms with Gasteiger partial charge >= 0.3 is 5.97 Å². The molecule has 0 rings (SSSR count). The molecule has 1 atom stereocenters. The van der Waals surface area contributed by atoms with E-state index in [4.69, 9.17) is 10.8 Å². The molecule has 0 saturated carbocycles. The van der Waals surface area contributed by atoms with E-state index >= 15 is 0 Å². The van der Waals surface area contributed by atoms with Gasteiger partial charge in [-0.05, 0) is 18.5 Å². The maximum atomic E-state index is 10.6. The SMILES string of the molecule is C[Si](C)(C)C(CCCN)CC(=O)O. The predicted molar refractivity (Wildman–Crippen MR) is 57.6 cm³/mol. The number of carboxylic acids is 1. The van der Waals surface area contributed by atoms with Gasteiger partial charge in [0.15, 0.2) is 0 Å². The molecule has 0 aromatic rings. The highest BCUT2D eigenvalue weighted by molar-refractivity contribution is 6.77. The van der Waals surface area contributed by atoms with E-state index in [-0.39, 0.29) is 0 Å². The number of carboxylic acid groups (broad SMARTS) is 1. The first-order valence-electron chi connectivity index (χ1n) is 4.79. The normalized spacial score (nSPS) is 14.2. The van der Waals surface area contributed by atoms with Gasteiger partial charge < -0.3 is 10.8 Å². The second kappa shape index (κ2) is 5.39. The van der Waals surface area contributed by atoms with Crippen LogP contribution in [0.1, 0.15) is 19.3 Å². The smallest absolute Gasteiger partial charge is 0.303 e. The lowest BCUT2D eigenvalue weighted by Gasteiger charge is -2.27. The van der Waals surface area contributed by atoms with Crippen molar-refractivity contribution >= 4 is 14.0 Å². The minimum absolute atomic E-state index is 0.315. The van der Waals surface area contributed by atoms with Crippen molar-refractivity contribution in [3.05, 3.63) is 0 Å². The lowest BCUT2D eigenvalue weighted by molar-refractivity contribution is -0.137. The molecule has 0 aliphatic rings. The lowest BCUT2D eigenvalue weighted by atomic mass is 10.2. The minimum Gasteiger partial charge on any atom is -0.481 e. The molecular formula is C9H21NO2Si. The molecule has 0 aliphatic heterocycles. The van der Waals surface area contributed by atoms with Gasteiger partial charge in [0.1, 0.15) is 0 Å². The van der Waals surface area contributed by atoms with E-state index in [9.17, 15) is 4.79 Å². The Kier molecular flexibility index (Phi) is 5.25. The van der Waals surface area contributed by atoms with Crippen LogP contribution in [0.3, 0.4) is 0 Å². The van der Waals surface area contributed by atoms with E-state index in [2.05, 4.69) is 19.6 Å². The predicted octanol–water partition coefficient (Wildman–Crippen LogP) is 1.91. The fraction of sp³-hybridized carbons (Fsp3) is 0.889. The zero-order valence-corrected chi connectivity index (χ0v) is 9.84. The molecule has 0 bridgehead atoms. The van der Waals surface area contributed by atoms with Crippen LogP contribution in [0.25, 0.3) is 0 Å². The van der Waals surface area contributed by atoms with Crippen LogP contribution in [0.2, 0.25) is 25.2 Å². The van der Waals surface area contributed by atoms with Crippen molar-refractivity contribution in [1.29, 1.82) is 0 Å². The standard InChI is InChI=1S/C9H21NO2Si/c1-13(2,3)8(5-4-6-10)7-9(11)12/h8H,4-7,10H2,1-3H3,(H,11,12). The number of hydrogen-bond donors (Lipinski definition) is 2. The number of aliphatic carboxylic acids is 1. The van der Waals surface area contributed by atoms with Crippen LogP contribution in [0.4, 0.5) is 0 Å². The lowest BCUT2D eigenvalue weighted by Crippen LogP contribution is -2.30. The van der Waals surface area contributed by atoms with Crippen molar-refractivity contribution in [2.45, 2.75) is 44.4 Å². The molecule has 0 radical (unpaired) electrons. The number of hydrogen-bond acceptors (Lipinski definition) is 2. The summed E-state index contributed by atoms with van der Waals surface area (Å²) in [6, 6.07) is 0. The Labute approximate surface area is 81.3 Å². The van der Waals surface area contributed by atoms with Crippen molar-refractivity contribution in [1.82, 2.24) is 0 Å². The van der Waals surface area contributed by atoms with Gasteiger partial charge in [-0.3, -0.25) is 4.79 Å². The zero-order chi connectivity index (χ0) is 10.5. The monoisotopic (exact) mass is 203 g/mol. The highest BCUT2D eigenvalue weighted by Gasteiger charge is 2.27. The third-order valence-corrected chi connectivity index (χ3v) is 5.34. The van der Waals surface area contributed by atoms with Crippen LogP contribution >= 0.6 is 0 Å². The van der Waals surface area contributed by atoms with E-state index in [0.717, 1.165) is 12.8 Å². The van der Waals surface area contributed by atoms with E-state index in [0.29, 0.717) is 18.5 Å². The zero-order valence-electron chi connectivity index (χ0n) is 8.84. The number of carbonyl (C=O) groups is 1. The Bertz CT molecular complexity index is 165. The van der Waals surface area contributed by atoms with Gasteiger partial charge in [-0.25, -0.2) is 0 Å². The summed E-state index contributed by atoms with van der Waals surface area (Å²) in [5.41, 5.74) is 5.79. The summed E-state index contributed by atoms with van der Waals surface area (Å²) < 4.78 is 0. The van der Waals surface area contributed by atoms with Crippen LogP contribution in [-0.4, -0.2) is 25.7 Å². The minimum atomic E-state index is -1.32. The van der Waals surface area contributed by atoms with Crippen molar-refractivity contribution in [3.8, 4) is 0 Å². The van der Waals surface area contributed by atoms with Crippen LogP contribution in [0.5, 0.6) is 0 Å². The van der Waals surface area contributed by atoms with Gasteiger partial charge in [0.2, 0.25) is 0 Å². The molecule has 0 spiro atoms. The molecule has 3 N–H and O–H groups in total. The maximum absolute atomic E-state index is 10.6. The van der Waals surface area contributed by atoms with Crippen LogP contribution in [0.15, 0.2) is 0 Å². The first-order valence-corrected chi connectivity index (χ1v) is 8.37. The summed E-state index contributed by atoms with van der Waals surface area (Å²) in [6.45, 7) is 7.33. The molecule has 3 nitrogen and oxygen atoms in total. The summed E-state index contributed by atoms with van der Waals surface area (Å²) in [5, 5.41) is 8.74. The molecule has 4 heteroatoms. The van der Waals surface area contributed by atoms with Crippen LogP contribution in [0, 0.1) is 0 Å². The molecule has 78 valence electrons. The third kappa shape index (κ3) is 5.82. The Morgan fingerprint density at radius 2 is 2.00 bits per heavy atom. The largest absolute Gasteiger partial charge is 0.481 e. The summed E-state index contributed by atoms with van der Waals surface area (Å²) in [4.78, 5) is 10.6. The van der Waals surface area contributed by atoms with Crippen molar-refractivity contribution in [2.24, 2.45) is 5.73 Å². The molecule has 0 fully saturated rings.